The average Bonchev–Trinajstić information content (AvgIpc) is 3.59. The maximum Gasteiger partial charge on any atom is 0.295 e. The maximum atomic E-state index is 14.2. The summed E-state index contributed by atoms with van der Waals surface area (Å²) in [6.07, 6.45) is 1.69. The number of carbonyl (C=O) groups is 2. The van der Waals surface area contributed by atoms with Crippen LogP contribution < -0.4 is 20.3 Å². The van der Waals surface area contributed by atoms with Crippen LogP contribution in [0.1, 0.15) is 63.4 Å². The minimum absolute atomic E-state index is 0.0552. The number of rotatable bonds is 8. The zero-order valence-electron chi connectivity index (χ0n) is 21.6. The molecule has 2 aliphatic heterocycles. The van der Waals surface area contributed by atoms with Crippen molar-refractivity contribution in [2.45, 2.75) is 57.6 Å². The number of carbonyl (C=O) groups excluding carboxylic acids is 2. The standard InChI is InChI=1S/C27H30F2N6O4/c1-38-19-13-16(34-11-4-5-21(34)36)9-10-17(19)30-18-14-20(32-27(37)15-7-8-15)31-25-23(18)33-26(24(28)29)35(25)22-6-2-3-12-39-22/h9-10,13-15,22,24H,2-8,11-12H2,1H3,(H2,30,31,32,37). The van der Waals surface area contributed by atoms with Crippen LogP contribution in [0.25, 0.3) is 11.2 Å². The van der Waals surface area contributed by atoms with E-state index in [1.807, 2.05) is 0 Å². The van der Waals surface area contributed by atoms with Crippen molar-refractivity contribution in [3.8, 4) is 5.75 Å². The van der Waals surface area contributed by atoms with Gasteiger partial charge >= 0.3 is 0 Å². The van der Waals surface area contributed by atoms with Gasteiger partial charge in [-0.1, -0.05) is 0 Å². The number of benzene rings is 1. The third-order valence-corrected chi connectivity index (χ3v) is 7.35. The molecule has 206 valence electrons. The number of nitrogens with one attached hydrogen (secondary N) is 2. The Kier molecular flexibility index (Phi) is 6.79. The summed E-state index contributed by atoms with van der Waals surface area (Å²) in [5.41, 5.74) is 2.07. The van der Waals surface area contributed by atoms with E-state index in [0.29, 0.717) is 43.1 Å². The van der Waals surface area contributed by atoms with Crippen molar-refractivity contribution >= 4 is 45.9 Å². The van der Waals surface area contributed by atoms with Gasteiger partial charge in [0, 0.05) is 43.3 Å². The van der Waals surface area contributed by atoms with E-state index in [1.54, 1.807) is 29.2 Å². The molecule has 39 heavy (non-hydrogen) atoms. The zero-order valence-corrected chi connectivity index (χ0v) is 21.6. The highest BCUT2D eigenvalue weighted by atomic mass is 19.3. The summed E-state index contributed by atoms with van der Waals surface area (Å²) in [6, 6.07) is 6.93. The molecule has 1 unspecified atom stereocenters. The number of aromatic nitrogens is 3. The molecule has 1 aliphatic carbocycles. The maximum absolute atomic E-state index is 14.2. The van der Waals surface area contributed by atoms with Crippen LogP contribution in [-0.4, -0.2) is 46.6 Å². The van der Waals surface area contributed by atoms with Crippen LogP contribution in [-0.2, 0) is 14.3 Å². The van der Waals surface area contributed by atoms with Crippen molar-refractivity contribution in [3.63, 3.8) is 0 Å². The number of ether oxygens (including phenoxy) is 2. The Labute approximate surface area is 223 Å². The van der Waals surface area contributed by atoms with Crippen molar-refractivity contribution in [1.29, 1.82) is 0 Å². The van der Waals surface area contributed by atoms with Gasteiger partial charge in [-0.25, -0.2) is 18.7 Å². The highest BCUT2D eigenvalue weighted by Gasteiger charge is 2.32. The van der Waals surface area contributed by atoms with E-state index in [4.69, 9.17) is 9.47 Å². The molecule has 1 aromatic carbocycles. The SMILES string of the molecule is COc1cc(N2CCCC2=O)ccc1Nc1cc(NC(=O)C2CC2)nc2c1nc(C(F)F)n2C1CCCCO1. The number of alkyl halides is 2. The van der Waals surface area contributed by atoms with Crippen LogP contribution in [0, 0.1) is 5.92 Å². The molecule has 1 atom stereocenters. The number of hydrogen-bond acceptors (Lipinski definition) is 7. The Balaban J connectivity index is 1.44. The van der Waals surface area contributed by atoms with Gasteiger partial charge in [0.1, 0.15) is 23.3 Å². The van der Waals surface area contributed by atoms with E-state index >= 15 is 0 Å². The minimum Gasteiger partial charge on any atom is -0.494 e. The van der Waals surface area contributed by atoms with Crippen molar-refractivity contribution in [3.05, 3.63) is 30.1 Å². The van der Waals surface area contributed by atoms with Crippen LogP contribution in [0.2, 0.25) is 0 Å². The molecule has 1 saturated carbocycles. The third kappa shape index (κ3) is 5.00. The van der Waals surface area contributed by atoms with Gasteiger partial charge in [-0.05, 0) is 50.7 Å². The minimum atomic E-state index is -2.85. The number of imidazole rings is 1. The molecular weight excluding hydrogens is 510 g/mol. The molecular formula is C27H30F2N6O4. The van der Waals surface area contributed by atoms with Gasteiger partial charge in [0.05, 0.1) is 18.5 Å². The lowest BCUT2D eigenvalue weighted by Crippen LogP contribution is -2.23. The molecule has 2 N–H and O–H groups in total. The van der Waals surface area contributed by atoms with Gasteiger partial charge in [0.25, 0.3) is 6.43 Å². The normalized spacial score (nSPS) is 19.6. The molecule has 2 saturated heterocycles. The number of hydrogen-bond donors (Lipinski definition) is 2. The molecule has 2 aromatic heterocycles. The zero-order chi connectivity index (χ0) is 27.1. The van der Waals surface area contributed by atoms with Crippen LogP contribution >= 0.6 is 0 Å². The number of nitrogens with zero attached hydrogens (tertiary/aromatic N) is 4. The number of anilines is 4. The Hall–Kier alpha value is -3.80. The van der Waals surface area contributed by atoms with Crippen LogP contribution in [0.15, 0.2) is 24.3 Å². The van der Waals surface area contributed by atoms with E-state index in [0.717, 1.165) is 37.8 Å². The monoisotopic (exact) mass is 540 g/mol. The molecule has 3 aromatic rings. The number of fused-ring (bicyclic) bond motifs is 1. The number of pyridine rings is 1. The Bertz CT molecular complexity index is 1420. The van der Waals surface area contributed by atoms with Gasteiger partial charge in [0.2, 0.25) is 11.8 Å². The quantitative estimate of drug-likeness (QED) is 0.399. The van der Waals surface area contributed by atoms with Crippen LogP contribution in [0.4, 0.5) is 31.7 Å². The lowest BCUT2D eigenvalue weighted by molar-refractivity contribution is -0.118. The second kappa shape index (κ2) is 10.4. The third-order valence-electron chi connectivity index (χ3n) is 7.35. The summed E-state index contributed by atoms with van der Waals surface area (Å²) in [6.45, 7) is 1.10. The molecule has 4 heterocycles. The first-order valence-electron chi connectivity index (χ1n) is 13.3. The molecule has 3 aliphatic rings. The highest BCUT2D eigenvalue weighted by Crippen LogP contribution is 2.39. The lowest BCUT2D eigenvalue weighted by atomic mass is 10.2. The first-order valence-corrected chi connectivity index (χ1v) is 13.3. The second-order valence-electron chi connectivity index (χ2n) is 10.1. The van der Waals surface area contributed by atoms with Gasteiger partial charge in [0.15, 0.2) is 11.5 Å². The number of halogens is 2. The molecule has 0 spiro atoms. The topological polar surface area (TPSA) is 111 Å². The average molecular weight is 541 g/mol. The van der Waals surface area contributed by atoms with Crippen molar-refractivity contribution < 1.29 is 27.8 Å². The summed E-state index contributed by atoms with van der Waals surface area (Å²) in [4.78, 5) is 35.4. The fraction of sp³-hybridized carbons (Fsp3) is 0.481. The van der Waals surface area contributed by atoms with E-state index in [9.17, 15) is 18.4 Å². The smallest absolute Gasteiger partial charge is 0.295 e. The summed E-state index contributed by atoms with van der Waals surface area (Å²) in [5.74, 6) is 0.0950. The summed E-state index contributed by atoms with van der Waals surface area (Å²) in [5, 5.41) is 6.09. The molecule has 3 fully saturated rings. The van der Waals surface area contributed by atoms with Crippen molar-refractivity contribution in [2.24, 2.45) is 5.92 Å². The van der Waals surface area contributed by atoms with Gasteiger partial charge in [-0.15, -0.1) is 0 Å². The highest BCUT2D eigenvalue weighted by molar-refractivity contribution is 5.98. The fourth-order valence-corrected chi connectivity index (χ4v) is 5.20. The molecule has 10 nitrogen and oxygen atoms in total. The van der Waals surface area contributed by atoms with Gasteiger partial charge in [-0.2, -0.15) is 0 Å². The van der Waals surface area contributed by atoms with Crippen LogP contribution in [0.5, 0.6) is 5.75 Å². The van der Waals surface area contributed by atoms with E-state index in [-0.39, 0.29) is 34.7 Å². The lowest BCUT2D eigenvalue weighted by Gasteiger charge is -2.25. The number of methoxy groups -OCH3 is 1. The summed E-state index contributed by atoms with van der Waals surface area (Å²) < 4.78 is 41.3. The Morgan fingerprint density at radius 3 is 2.64 bits per heavy atom. The van der Waals surface area contributed by atoms with Crippen LogP contribution in [0.3, 0.4) is 0 Å². The Morgan fingerprint density at radius 2 is 1.97 bits per heavy atom. The predicted molar refractivity (Wildman–Crippen MR) is 141 cm³/mol. The van der Waals surface area contributed by atoms with Gasteiger partial charge < -0.3 is 25.0 Å². The summed E-state index contributed by atoms with van der Waals surface area (Å²) in [7, 11) is 1.52. The molecule has 12 heteroatoms. The first kappa shape index (κ1) is 25.5. The first-order chi connectivity index (χ1) is 18.9. The van der Waals surface area contributed by atoms with Crippen molar-refractivity contribution in [2.75, 3.05) is 35.8 Å². The molecule has 6 rings (SSSR count). The number of amides is 2. The largest absolute Gasteiger partial charge is 0.494 e. The fourth-order valence-electron chi connectivity index (χ4n) is 5.20. The molecule has 2 amide bonds. The predicted octanol–water partition coefficient (Wildman–Crippen LogP) is 5.30. The van der Waals surface area contributed by atoms with Crippen molar-refractivity contribution in [1.82, 2.24) is 14.5 Å². The molecule has 0 radical (unpaired) electrons. The molecule has 0 bridgehead atoms. The van der Waals surface area contributed by atoms with Gasteiger partial charge in [-0.3, -0.25) is 14.2 Å². The second-order valence-corrected chi connectivity index (χ2v) is 10.1. The van der Waals surface area contributed by atoms with E-state index < -0.39 is 18.5 Å². The summed E-state index contributed by atoms with van der Waals surface area (Å²) >= 11 is 0. The Morgan fingerprint density at radius 1 is 1.13 bits per heavy atom. The van der Waals surface area contributed by atoms with E-state index in [2.05, 4.69) is 20.6 Å². The van der Waals surface area contributed by atoms with E-state index in [1.165, 1.54) is 11.7 Å².